The van der Waals surface area contributed by atoms with Crippen LogP contribution in [0.5, 0.6) is 0 Å². The summed E-state index contributed by atoms with van der Waals surface area (Å²) in [5.41, 5.74) is 6.49. The maximum absolute atomic E-state index is 12.6. The predicted molar refractivity (Wildman–Crippen MR) is 71.4 cm³/mol. The summed E-state index contributed by atoms with van der Waals surface area (Å²) < 4.78 is 18.0. The Morgan fingerprint density at radius 1 is 1.24 bits per heavy atom. The normalized spacial score (nSPS) is 36.6. The number of nitrogens with two attached hydrogens (primary N) is 1. The van der Waals surface area contributed by atoms with Crippen LogP contribution in [0.25, 0.3) is 0 Å². The van der Waals surface area contributed by atoms with Gasteiger partial charge in [0.25, 0.3) is 0 Å². The molecule has 0 amide bonds. The molecule has 100 valence electrons. The Morgan fingerprint density at radius 2 is 1.88 bits per heavy atom. The van der Waals surface area contributed by atoms with Gasteiger partial charge in [-0.2, -0.15) is 0 Å². The van der Waals surface area contributed by atoms with Gasteiger partial charge in [0.15, 0.2) is 0 Å². The van der Waals surface area contributed by atoms with E-state index in [1.807, 2.05) is 0 Å². The molecule has 2 N–H and O–H groups in total. The Balaban J connectivity index is 2.01. The zero-order valence-electron chi connectivity index (χ0n) is 11.0. The van der Waals surface area contributed by atoms with Gasteiger partial charge >= 0.3 is 0 Å². The Hall–Kier alpha value is 0.0700. The minimum Gasteiger partial charge on any atom is -0.381 e. The van der Waals surface area contributed by atoms with Gasteiger partial charge in [-0.05, 0) is 37.5 Å². The summed E-state index contributed by atoms with van der Waals surface area (Å²) in [6, 6.07) is 0.131. The molecule has 0 radical (unpaired) electrons. The zero-order valence-corrected chi connectivity index (χ0v) is 11.8. The fraction of sp³-hybridized carbons (Fsp3) is 1.00. The molecule has 0 aromatic carbocycles. The largest absolute Gasteiger partial charge is 0.381 e. The highest BCUT2D eigenvalue weighted by Gasteiger charge is 2.38. The average molecular weight is 259 g/mol. The second-order valence-electron chi connectivity index (χ2n) is 6.25. The van der Waals surface area contributed by atoms with Gasteiger partial charge in [-0.15, -0.1) is 0 Å². The number of hydrogen-bond acceptors (Lipinski definition) is 3. The van der Waals surface area contributed by atoms with E-state index in [9.17, 15) is 4.21 Å². The molecule has 2 rings (SSSR count). The minimum atomic E-state index is -0.775. The fourth-order valence-electron chi connectivity index (χ4n) is 2.95. The molecule has 1 heterocycles. The summed E-state index contributed by atoms with van der Waals surface area (Å²) in [6.45, 7) is 6.07. The van der Waals surface area contributed by atoms with E-state index in [0.29, 0.717) is 10.7 Å². The molecule has 1 saturated heterocycles. The van der Waals surface area contributed by atoms with Gasteiger partial charge < -0.3 is 10.5 Å². The molecular weight excluding hydrogens is 234 g/mol. The van der Waals surface area contributed by atoms with Crippen molar-refractivity contribution in [2.24, 2.45) is 11.1 Å². The van der Waals surface area contributed by atoms with Gasteiger partial charge in [0.1, 0.15) is 0 Å². The van der Waals surface area contributed by atoms with E-state index in [-0.39, 0.29) is 11.3 Å². The molecule has 0 aromatic heterocycles. The van der Waals surface area contributed by atoms with Crippen molar-refractivity contribution in [1.29, 1.82) is 0 Å². The molecule has 4 heteroatoms. The van der Waals surface area contributed by atoms with Crippen LogP contribution in [0.2, 0.25) is 0 Å². The molecule has 1 aliphatic heterocycles. The van der Waals surface area contributed by atoms with Crippen molar-refractivity contribution in [3.8, 4) is 0 Å². The van der Waals surface area contributed by atoms with Crippen molar-refractivity contribution in [3.63, 3.8) is 0 Å². The first-order valence-corrected chi connectivity index (χ1v) is 8.00. The van der Waals surface area contributed by atoms with Crippen molar-refractivity contribution >= 4 is 10.8 Å². The third-order valence-electron chi connectivity index (χ3n) is 4.18. The van der Waals surface area contributed by atoms with Crippen LogP contribution in [0.4, 0.5) is 0 Å². The van der Waals surface area contributed by atoms with Crippen LogP contribution < -0.4 is 5.73 Å². The fourth-order valence-corrected chi connectivity index (χ4v) is 5.20. The van der Waals surface area contributed by atoms with Gasteiger partial charge in [-0.25, -0.2) is 0 Å². The van der Waals surface area contributed by atoms with Gasteiger partial charge in [-0.1, -0.05) is 13.8 Å². The standard InChI is InChI=1S/C13H25NO2S/c1-13(2)6-3-11(14)12(9-13)17(15)10-4-7-16-8-5-10/h10-12H,3-9,14H2,1-2H3. The van der Waals surface area contributed by atoms with Crippen molar-refractivity contribution in [2.45, 2.75) is 62.5 Å². The second-order valence-corrected chi connectivity index (χ2v) is 8.18. The molecule has 3 atom stereocenters. The molecular formula is C13H25NO2S. The first kappa shape index (κ1) is 13.5. The predicted octanol–water partition coefficient (Wildman–Crippen LogP) is 1.82. The van der Waals surface area contributed by atoms with Gasteiger partial charge in [0.2, 0.25) is 0 Å². The SMILES string of the molecule is CC1(C)CCC(N)C(S(=O)C2CCOCC2)C1. The highest BCUT2D eigenvalue weighted by Crippen LogP contribution is 2.38. The Kier molecular flexibility index (Phi) is 4.26. The average Bonchev–Trinajstić information content (AvgIpc) is 2.33. The quantitative estimate of drug-likeness (QED) is 0.823. The van der Waals surface area contributed by atoms with E-state index in [0.717, 1.165) is 45.3 Å². The van der Waals surface area contributed by atoms with E-state index < -0.39 is 10.8 Å². The summed E-state index contributed by atoms with van der Waals surface area (Å²) in [5, 5.41) is 0.510. The Morgan fingerprint density at radius 3 is 2.53 bits per heavy atom. The zero-order chi connectivity index (χ0) is 12.5. The van der Waals surface area contributed by atoms with Crippen LogP contribution in [0.15, 0.2) is 0 Å². The van der Waals surface area contributed by atoms with E-state index in [1.54, 1.807) is 0 Å². The first-order valence-electron chi connectivity index (χ1n) is 6.72. The molecule has 0 aromatic rings. The maximum Gasteiger partial charge on any atom is 0.0506 e. The number of hydrogen-bond donors (Lipinski definition) is 1. The maximum atomic E-state index is 12.6. The summed E-state index contributed by atoms with van der Waals surface area (Å²) in [5.74, 6) is 0. The smallest absolute Gasteiger partial charge is 0.0506 e. The lowest BCUT2D eigenvalue weighted by atomic mass is 9.75. The first-order chi connectivity index (χ1) is 7.99. The van der Waals surface area contributed by atoms with Crippen molar-refractivity contribution in [3.05, 3.63) is 0 Å². The van der Waals surface area contributed by atoms with Crippen LogP contribution in [0.1, 0.15) is 46.0 Å². The third-order valence-corrected chi connectivity index (χ3v) is 6.42. The van der Waals surface area contributed by atoms with E-state index >= 15 is 0 Å². The second kappa shape index (κ2) is 5.37. The number of rotatable bonds is 2. The van der Waals surface area contributed by atoms with Gasteiger partial charge in [0, 0.05) is 35.3 Å². The van der Waals surface area contributed by atoms with E-state index in [1.165, 1.54) is 0 Å². The summed E-state index contributed by atoms with van der Waals surface area (Å²) in [6.07, 6.45) is 5.08. The molecule has 0 bridgehead atoms. The molecule has 1 saturated carbocycles. The molecule has 1 aliphatic carbocycles. The molecule has 3 nitrogen and oxygen atoms in total. The highest BCUT2D eigenvalue weighted by atomic mass is 32.2. The van der Waals surface area contributed by atoms with Crippen LogP contribution in [0.3, 0.4) is 0 Å². The van der Waals surface area contributed by atoms with Crippen molar-refractivity contribution in [2.75, 3.05) is 13.2 Å². The molecule has 2 aliphatic rings. The molecule has 0 spiro atoms. The summed E-state index contributed by atoms with van der Waals surface area (Å²) in [4.78, 5) is 0. The van der Waals surface area contributed by atoms with Crippen LogP contribution >= 0.6 is 0 Å². The van der Waals surface area contributed by atoms with Crippen LogP contribution in [-0.2, 0) is 15.5 Å². The molecule has 3 unspecified atom stereocenters. The van der Waals surface area contributed by atoms with Crippen LogP contribution in [0, 0.1) is 5.41 Å². The lowest BCUT2D eigenvalue weighted by Gasteiger charge is -2.40. The highest BCUT2D eigenvalue weighted by molar-refractivity contribution is 7.86. The van der Waals surface area contributed by atoms with E-state index in [2.05, 4.69) is 13.8 Å². The summed E-state index contributed by atoms with van der Waals surface area (Å²) >= 11 is 0. The monoisotopic (exact) mass is 259 g/mol. The van der Waals surface area contributed by atoms with Crippen molar-refractivity contribution < 1.29 is 8.95 Å². The Labute approximate surface area is 107 Å². The van der Waals surface area contributed by atoms with Crippen molar-refractivity contribution in [1.82, 2.24) is 0 Å². The third kappa shape index (κ3) is 3.30. The topological polar surface area (TPSA) is 52.3 Å². The Bertz CT molecular complexity index is 287. The molecule has 2 fully saturated rings. The van der Waals surface area contributed by atoms with Gasteiger partial charge in [0.05, 0.1) is 5.25 Å². The molecule has 17 heavy (non-hydrogen) atoms. The number of ether oxygens (including phenoxy) is 1. The lowest BCUT2D eigenvalue weighted by molar-refractivity contribution is 0.0987. The van der Waals surface area contributed by atoms with E-state index in [4.69, 9.17) is 10.5 Å². The van der Waals surface area contributed by atoms with Crippen LogP contribution in [-0.4, -0.2) is 34.0 Å². The summed E-state index contributed by atoms with van der Waals surface area (Å²) in [7, 11) is -0.775. The lowest BCUT2D eigenvalue weighted by Crippen LogP contribution is -2.48. The minimum absolute atomic E-state index is 0.131. The van der Waals surface area contributed by atoms with Gasteiger partial charge in [-0.3, -0.25) is 4.21 Å².